The molecule has 0 saturated carbocycles. The molecule has 0 aliphatic carbocycles. The van der Waals surface area contributed by atoms with E-state index in [9.17, 15) is 5.11 Å². The summed E-state index contributed by atoms with van der Waals surface area (Å²) in [4.78, 5) is 0. The van der Waals surface area contributed by atoms with Gasteiger partial charge in [0.15, 0.2) is 0 Å². The van der Waals surface area contributed by atoms with Crippen molar-refractivity contribution in [3.05, 3.63) is 70.9 Å². The fraction of sp³-hybridized carbons (Fsp3) is 0.125. The molecule has 2 aromatic carbocycles. The van der Waals surface area contributed by atoms with Crippen LogP contribution in [-0.4, -0.2) is 20.1 Å². The second-order valence-corrected chi connectivity index (χ2v) is 5.13. The van der Waals surface area contributed by atoms with Gasteiger partial charge >= 0.3 is 0 Å². The molecule has 1 aromatic heterocycles. The molecule has 0 bridgehead atoms. The predicted molar refractivity (Wildman–Crippen MR) is 81.9 cm³/mol. The lowest BCUT2D eigenvalue weighted by molar-refractivity contribution is 0.277. The molecule has 0 saturated heterocycles. The smallest absolute Gasteiger partial charge is 0.116 e. The van der Waals surface area contributed by atoms with Gasteiger partial charge in [-0.05, 0) is 17.7 Å². The molecule has 3 aromatic rings. The number of hydrogen-bond acceptors (Lipinski definition) is 3. The van der Waals surface area contributed by atoms with Gasteiger partial charge in [-0.3, -0.25) is 0 Å². The van der Waals surface area contributed by atoms with Crippen LogP contribution in [0.3, 0.4) is 0 Å². The molecule has 0 spiro atoms. The highest BCUT2D eigenvalue weighted by atomic mass is 35.5. The van der Waals surface area contributed by atoms with Gasteiger partial charge in [-0.25, -0.2) is 4.68 Å². The summed E-state index contributed by atoms with van der Waals surface area (Å²) in [6, 6.07) is 17.4. The van der Waals surface area contributed by atoms with E-state index in [1.807, 2.05) is 54.6 Å². The summed E-state index contributed by atoms with van der Waals surface area (Å²) in [5.41, 5.74) is 3.48. The van der Waals surface area contributed by atoms with Gasteiger partial charge in [0.05, 0.1) is 18.8 Å². The number of aliphatic hydroxyl groups excluding tert-OH is 1. The Hall–Kier alpha value is -2.17. The van der Waals surface area contributed by atoms with Crippen LogP contribution in [0, 0.1) is 0 Å². The van der Waals surface area contributed by atoms with Crippen LogP contribution in [0.25, 0.3) is 11.3 Å². The first-order valence-electron chi connectivity index (χ1n) is 6.61. The average molecular weight is 300 g/mol. The van der Waals surface area contributed by atoms with Crippen molar-refractivity contribution in [1.29, 1.82) is 0 Å². The Kier molecular flexibility index (Phi) is 3.99. The van der Waals surface area contributed by atoms with E-state index in [-0.39, 0.29) is 6.61 Å². The third-order valence-electron chi connectivity index (χ3n) is 3.25. The standard InChI is InChI=1S/C16H14ClN3O/c17-14-8-6-12(7-9-14)10-20-16(15(11-21)18-19-20)13-4-2-1-3-5-13/h1-9,21H,10-11H2. The molecule has 0 unspecified atom stereocenters. The first-order chi connectivity index (χ1) is 10.3. The molecule has 1 N–H and O–H groups in total. The summed E-state index contributed by atoms with van der Waals surface area (Å²) >= 11 is 5.90. The number of halogens is 1. The largest absolute Gasteiger partial charge is 0.390 e. The Morgan fingerprint density at radius 3 is 2.38 bits per heavy atom. The zero-order chi connectivity index (χ0) is 14.7. The van der Waals surface area contributed by atoms with Gasteiger partial charge < -0.3 is 5.11 Å². The summed E-state index contributed by atoms with van der Waals surface area (Å²) in [7, 11) is 0. The Morgan fingerprint density at radius 2 is 1.71 bits per heavy atom. The van der Waals surface area contributed by atoms with E-state index in [0.29, 0.717) is 17.3 Å². The van der Waals surface area contributed by atoms with Gasteiger partial charge in [-0.1, -0.05) is 59.3 Å². The Bertz CT molecular complexity index is 723. The zero-order valence-corrected chi connectivity index (χ0v) is 12.0. The molecule has 0 atom stereocenters. The van der Waals surface area contributed by atoms with Gasteiger partial charge in [0.25, 0.3) is 0 Å². The van der Waals surface area contributed by atoms with Crippen molar-refractivity contribution >= 4 is 11.6 Å². The molecule has 0 amide bonds. The topological polar surface area (TPSA) is 50.9 Å². The molecule has 1 heterocycles. The van der Waals surface area contributed by atoms with Gasteiger partial charge in [0, 0.05) is 10.6 Å². The highest BCUT2D eigenvalue weighted by Crippen LogP contribution is 2.23. The fourth-order valence-electron chi connectivity index (χ4n) is 2.24. The van der Waals surface area contributed by atoms with Crippen LogP contribution >= 0.6 is 11.6 Å². The highest BCUT2D eigenvalue weighted by Gasteiger charge is 2.14. The van der Waals surface area contributed by atoms with Crippen LogP contribution in [0.1, 0.15) is 11.3 Å². The Labute approximate surface area is 127 Å². The second-order valence-electron chi connectivity index (χ2n) is 4.69. The van der Waals surface area contributed by atoms with Gasteiger partial charge in [0.2, 0.25) is 0 Å². The Balaban J connectivity index is 1.99. The van der Waals surface area contributed by atoms with E-state index in [1.165, 1.54) is 0 Å². The molecule has 21 heavy (non-hydrogen) atoms. The molecule has 0 fully saturated rings. The van der Waals surface area contributed by atoms with Gasteiger partial charge in [-0.2, -0.15) is 0 Å². The molecule has 3 rings (SSSR count). The van der Waals surface area contributed by atoms with Crippen molar-refractivity contribution in [3.8, 4) is 11.3 Å². The van der Waals surface area contributed by atoms with Crippen LogP contribution in [0.5, 0.6) is 0 Å². The van der Waals surface area contributed by atoms with Crippen LogP contribution < -0.4 is 0 Å². The van der Waals surface area contributed by atoms with Crippen LogP contribution in [0.4, 0.5) is 0 Å². The van der Waals surface area contributed by atoms with Crippen molar-refractivity contribution in [3.63, 3.8) is 0 Å². The lowest BCUT2D eigenvalue weighted by Gasteiger charge is -2.08. The van der Waals surface area contributed by atoms with E-state index in [4.69, 9.17) is 11.6 Å². The first kappa shape index (κ1) is 13.8. The molecular weight excluding hydrogens is 286 g/mol. The molecule has 0 aliphatic rings. The minimum Gasteiger partial charge on any atom is -0.390 e. The Morgan fingerprint density at radius 1 is 1.00 bits per heavy atom. The maximum Gasteiger partial charge on any atom is 0.116 e. The quantitative estimate of drug-likeness (QED) is 0.805. The maximum absolute atomic E-state index is 9.46. The molecule has 106 valence electrons. The van der Waals surface area contributed by atoms with E-state index < -0.39 is 0 Å². The summed E-state index contributed by atoms with van der Waals surface area (Å²) < 4.78 is 1.80. The average Bonchev–Trinajstić information content (AvgIpc) is 2.93. The number of aliphatic hydroxyl groups is 1. The number of benzene rings is 2. The van der Waals surface area contributed by atoms with Crippen molar-refractivity contribution in [2.45, 2.75) is 13.2 Å². The number of aromatic nitrogens is 3. The van der Waals surface area contributed by atoms with E-state index >= 15 is 0 Å². The molecular formula is C16H14ClN3O. The van der Waals surface area contributed by atoms with E-state index in [2.05, 4.69) is 10.3 Å². The molecule has 0 aliphatic heterocycles. The molecule has 4 nitrogen and oxygen atoms in total. The minimum atomic E-state index is -0.134. The van der Waals surface area contributed by atoms with Crippen molar-refractivity contribution in [2.24, 2.45) is 0 Å². The van der Waals surface area contributed by atoms with Gasteiger partial charge in [0.1, 0.15) is 5.69 Å². The van der Waals surface area contributed by atoms with Crippen molar-refractivity contribution < 1.29 is 5.11 Å². The van der Waals surface area contributed by atoms with E-state index in [1.54, 1.807) is 4.68 Å². The third kappa shape index (κ3) is 2.96. The fourth-order valence-corrected chi connectivity index (χ4v) is 2.37. The predicted octanol–water partition coefficient (Wildman–Crippen LogP) is 3.14. The SMILES string of the molecule is OCc1nnn(Cc2ccc(Cl)cc2)c1-c1ccccc1. The van der Waals surface area contributed by atoms with Crippen molar-refractivity contribution in [2.75, 3.05) is 0 Å². The van der Waals surface area contributed by atoms with E-state index in [0.717, 1.165) is 16.8 Å². The second kappa shape index (κ2) is 6.08. The zero-order valence-electron chi connectivity index (χ0n) is 11.3. The minimum absolute atomic E-state index is 0.134. The molecule has 5 heteroatoms. The lowest BCUT2D eigenvalue weighted by atomic mass is 10.1. The summed E-state index contributed by atoms with van der Waals surface area (Å²) in [5.74, 6) is 0. The summed E-state index contributed by atoms with van der Waals surface area (Å²) in [6.45, 7) is 0.444. The number of hydrogen-bond donors (Lipinski definition) is 1. The van der Waals surface area contributed by atoms with Crippen LogP contribution in [0.2, 0.25) is 5.02 Å². The van der Waals surface area contributed by atoms with Gasteiger partial charge in [-0.15, -0.1) is 5.10 Å². The lowest BCUT2D eigenvalue weighted by Crippen LogP contribution is -2.04. The molecule has 0 radical (unpaired) electrons. The summed E-state index contributed by atoms with van der Waals surface area (Å²) in [6.07, 6.45) is 0. The van der Waals surface area contributed by atoms with Crippen LogP contribution in [-0.2, 0) is 13.2 Å². The van der Waals surface area contributed by atoms with Crippen molar-refractivity contribution in [1.82, 2.24) is 15.0 Å². The number of rotatable bonds is 4. The maximum atomic E-state index is 9.46. The normalized spacial score (nSPS) is 10.8. The highest BCUT2D eigenvalue weighted by molar-refractivity contribution is 6.30. The monoisotopic (exact) mass is 299 g/mol. The first-order valence-corrected chi connectivity index (χ1v) is 6.99. The van der Waals surface area contributed by atoms with Crippen LogP contribution in [0.15, 0.2) is 54.6 Å². The third-order valence-corrected chi connectivity index (χ3v) is 3.50. The summed E-state index contributed by atoms with van der Waals surface area (Å²) in [5, 5.41) is 18.4. The number of nitrogens with zero attached hydrogens (tertiary/aromatic N) is 3.